The summed E-state index contributed by atoms with van der Waals surface area (Å²) in [7, 11) is 1.70. The summed E-state index contributed by atoms with van der Waals surface area (Å²) < 4.78 is 6.34. The summed E-state index contributed by atoms with van der Waals surface area (Å²) >= 11 is 3.58. The van der Waals surface area contributed by atoms with Gasteiger partial charge in [-0.2, -0.15) is 0 Å². The number of methoxy groups -OCH3 is 1. The molecule has 0 radical (unpaired) electrons. The molecule has 4 heteroatoms. The number of rotatable bonds is 3. The van der Waals surface area contributed by atoms with E-state index in [4.69, 9.17) is 4.74 Å². The highest BCUT2D eigenvalue weighted by Gasteiger charge is 2.23. The molecule has 0 saturated heterocycles. The zero-order valence-electron chi connectivity index (χ0n) is 13.2. The van der Waals surface area contributed by atoms with Crippen molar-refractivity contribution in [1.29, 1.82) is 0 Å². The van der Waals surface area contributed by atoms with Crippen molar-refractivity contribution in [2.24, 2.45) is 0 Å². The molecule has 2 aromatic carbocycles. The van der Waals surface area contributed by atoms with Gasteiger partial charge in [0.25, 0.3) is 0 Å². The van der Waals surface area contributed by atoms with Crippen LogP contribution in [0.3, 0.4) is 0 Å². The van der Waals surface area contributed by atoms with Crippen molar-refractivity contribution in [2.75, 3.05) is 13.7 Å². The van der Waals surface area contributed by atoms with Crippen LogP contribution >= 0.6 is 15.9 Å². The lowest BCUT2D eigenvalue weighted by molar-refractivity contribution is -0.929. The van der Waals surface area contributed by atoms with E-state index in [0.29, 0.717) is 0 Å². The van der Waals surface area contributed by atoms with E-state index < -0.39 is 0 Å². The van der Waals surface area contributed by atoms with Crippen molar-refractivity contribution in [3.8, 4) is 5.75 Å². The van der Waals surface area contributed by atoms with Crippen molar-refractivity contribution >= 4 is 26.8 Å². The first kappa shape index (κ1) is 14.8. The lowest BCUT2D eigenvalue weighted by Gasteiger charge is -2.24. The average Bonchev–Trinajstić information content (AvgIpc) is 2.92. The number of fused-ring (bicyclic) bond motifs is 3. The number of benzene rings is 2. The highest BCUT2D eigenvalue weighted by atomic mass is 79.9. The summed E-state index contributed by atoms with van der Waals surface area (Å²) in [5.74, 6) is 0.889. The molecule has 0 spiro atoms. The smallest absolute Gasteiger partial charge is 0.133 e. The van der Waals surface area contributed by atoms with E-state index in [2.05, 4.69) is 57.3 Å². The highest BCUT2D eigenvalue weighted by Crippen LogP contribution is 2.26. The summed E-state index contributed by atoms with van der Waals surface area (Å²) in [5, 5.41) is 1.40. The average molecular weight is 372 g/mol. The predicted molar refractivity (Wildman–Crippen MR) is 95.9 cm³/mol. The third-order valence-electron chi connectivity index (χ3n) is 4.73. The molecule has 1 aliphatic heterocycles. The van der Waals surface area contributed by atoms with Crippen LogP contribution in [-0.2, 0) is 19.5 Å². The number of H-pyrrole nitrogens is 1. The van der Waals surface area contributed by atoms with Gasteiger partial charge in [-0.1, -0.05) is 18.2 Å². The van der Waals surface area contributed by atoms with Gasteiger partial charge >= 0.3 is 0 Å². The normalized spacial score (nSPS) is 17.2. The predicted octanol–water partition coefficient (Wildman–Crippen LogP) is 3.08. The second-order valence-electron chi connectivity index (χ2n) is 6.20. The van der Waals surface area contributed by atoms with Crippen molar-refractivity contribution < 1.29 is 9.64 Å². The van der Waals surface area contributed by atoms with E-state index in [9.17, 15) is 0 Å². The van der Waals surface area contributed by atoms with Gasteiger partial charge in [0.05, 0.1) is 23.8 Å². The fourth-order valence-electron chi connectivity index (χ4n) is 3.59. The maximum atomic E-state index is 5.31. The minimum absolute atomic E-state index is 0.889. The van der Waals surface area contributed by atoms with E-state index in [1.165, 1.54) is 34.3 Å². The van der Waals surface area contributed by atoms with E-state index >= 15 is 0 Å². The van der Waals surface area contributed by atoms with E-state index in [1.807, 2.05) is 6.07 Å². The molecule has 0 fully saturated rings. The van der Waals surface area contributed by atoms with Crippen LogP contribution in [0.25, 0.3) is 10.9 Å². The van der Waals surface area contributed by atoms with E-state index in [0.717, 1.165) is 29.7 Å². The van der Waals surface area contributed by atoms with Gasteiger partial charge in [-0.25, -0.2) is 0 Å². The van der Waals surface area contributed by atoms with Crippen LogP contribution in [0.4, 0.5) is 0 Å². The number of quaternary nitrogens is 1. The number of aromatic amines is 1. The van der Waals surface area contributed by atoms with Gasteiger partial charge < -0.3 is 14.6 Å². The Morgan fingerprint density at radius 2 is 2.09 bits per heavy atom. The second-order valence-corrected chi connectivity index (χ2v) is 7.05. The maximum Gasteiger partial charge on any atom is 0.133 e. The number of para-hydroxylation sites is 1. The number of ether oxygens (including phenoxy) is 1. The Bertz CT molecular complexity index is 856. The van der Waals surface area contributed by atoms with Crippen molar-refractivity contribution in [2.45, 2.75) is 19.5 Å². The molecule has 1 unspecified atom stereocenters. The maximum absolute atomic E-state index is 5.31. The molecule has 1 aliphatic rings. The van der Waals surface area contributed by atoms with Crippen LogP contribution in [0.1, 0.15) is 16.8 Å². The van der Waals surface area contributed by atoms with Crippen LogP contribution in [0, 0.1) is 0 Å². The molecule has 118 valence electrons. The second kappa shape index (κ2) is 6.02. The zero-order valence-corrected chi connectivity index (χ0v) is 14.7. The summed E-state index contributed by atoms with van der Waals surface area (Å²) in [6.45, 7) is 3.28. The van der Waals surface area contributed by atoms with Gasteiger partial charge in [0.2, 0.25) is 0 Å². The first-order chi connectivity index (χ1) is 11.2. The summed E-state index contributed by atoms with van der Waals surface area (Å²) in [4.78, 5) is 5.21. The topological polar surface area (TPSA) is 29.5 Å². The molecule has 0 bridgehead atoms. The number of hydrogen-bond acceptors (Lipinski definition) is 1. The van der Waals surface area contributed by atoms with E-state index in [1.54, 1.807) is 12.0 Å². The third kappa shape index (κ3) is 2.77. The Morgan fingerprint density at radius 3 is 2.91 bits per heavy atom. The third-order valence-corrected chi connectivity index (χ3v) is 5.35. The summed E-state index contributed by atoms with van der Waals surface area (Å²) in [6, 6.07) is 15.0. The molecule has 0 amide bonds. The number of nitrogens with one attached hydrogen (secondary N) is 2. The molecule has 2 heterocycles. The fraction of sp³-hybridized carbons (Fsp3) is 0.263. The van der Waals surface area contributed by atoms with Gasteiger partial charge in [-0.15, -0.1) is 0 Å². The number of halogens is 1. The largest absolute Gasteiger partial charge is 0.496 e. The van der Waals surface area contributed by atoms with Crippen LogP contribution < -0.4 is 9.64 Å². The van der Waals surface area contributed by atoms with Gasteiger partial charge in [0.1, 0.15) is 18.8 Å². The minimum atomic E-state index is 0.889. The first-order valence-electron chi connectivity index (χ1n) is 7.99. The molecule has 4 rings (SSSR count). The molecule has 0 aliphatic carbocycles. The minimum Gasteiger partial charge on any atom is -0.496 e. The molecular formula is C19H20BrN2O+. The monoisotopic (exact) mass is 371 g/mol. The Hall–Kier alpha value is -1.78. The summed E-state index contributed by atoms with van der Waals surface area (Å²) in [5.41, 5.74) is 5.53. The molecule has 1 aromatic heterocycles. The summed E-state index contributed by atoms with van der Waals surface area (Å²) in [6.07, 6.45) is 1.14. The van der Waals surface area contributed by atoms with Crippen LogP contribution in [-0.4, -0.2) is 18.6 Å². The lowest BCUT2D eigenvalue weighted by atomic mass is 10.0. The number of aromatic nitrogens is 1. The van der Waals surface area contributed by atoms with Crippen LogP contribution in [0.15, 0.2) is 46.9 Å². The van der Waals surface area contributed by atoms with Gasteiger partial charge in [0, 0.05) is 22.9 Å². The van der Waals surface area contributed by atoms with Gasteiger partial charge in [-0.3, -0.25) is 0 Å². The Labute approximate surface area is 144 Å². The van der Waals surface area contributed by atoms with Crippen LogP contribution in [0.5, 0.6) is 5.75 Å². The quantitative estimate of drug-likeness (QED) is 0.727. The highest BCUT2D eigenvalue weighted by molar-refractivity contribution is 9.10. The Morgan fingerprint density at radius 1 is 1.22 bits per heavy atom. The lowest BCUT2D eigenvalue weighted by Crippen LogP contribution is -3.10. The van der Waals surface area contributed by atoms with Gasteiger partial charge in [0.15, 0.2) is 0 Å². The molecule has 23 heavy (non-hydrogen) atoms. The Balaban J connectivity index is 1.55. The Kier molecular flexibility index (Phi) is 3.87. The van der Waals surface area contributed by atoms with Crippen molar-refractivity contribution in [3.63, 3.8) is 0 Å². The SMILES string of the molecule is COc1ccc(C[NH+]2CCc3c([nH]c4ccccc34)C2)cc1Br. The first-order valence-corrected chi connectivity index (χ1v) is 8.78. The van der Waals surface area contributed by atoms with Crippen molar-refractivity contribution in [3.05, 3.63) is 63.8 Å². The molecule has 2 N–H and O–H groups in total. The fourth-order valence-corrected chi connectivity index (χ4v) is 4.18. The standard InChI is InChI=1S/C19H19BrN2O/c1-23-19-7-6-13(10-16(19)20)11-22-9-8-15-14-4-2-3-5-17(14)21-18(15)12-22/h2-7,10,21H,8-9,11-12H2,1H3/p+1. The molecule has 3 aromatic rings. The molecular weight excluding hydrogens is 352 g/mol. The zero-order chi connectivity index (χ0) is 15.8. The van der Waals surface area contributed by atoms with E-state index in [-0.39, 0.29) is 0 Å². The van der Waals surface area contributed by atoms with Crippen LogP contribution in [0.2, 0.25) is 0 Å². The van der Waals surface area contributed by atoms with Crippen molar-refractivity contribution in [1.82, 2.24) is 4.98 Å². The number of hydrogen-bond donors (Lipinski definition) is 2. The molecule has 0 saturated carbocycles. The molecule has 3 nitrogen and oxygen atoms in total. The van der Waals surface area contributed by atoms with Gasteiger partial charge in [-0.05, 0) is 45.8 Å². The molecule has 1 atom stereocenters.